The fraction of sp³-hybridized carbons (Fsp3) is 0.429. The first kappa shape index (κ1) is 19.0. The van der Waals surface area contributed by atoms with Crippen LogP contribution in [0.4, 0.5) is 10.5 Å². The molecule has 2 aliphatic rings. The van der Waals surface area contributed by atoms with E-state index in [0.717, 1.165) is 43.7 Å². The normalized spacial score (nSPS) is 20.2. The van der Waals surface area contributed by atoms with Crippen molar-refractivity contribution in [1.29, 1.82) is 0 Å². The Kier molecular flexibility index (Phi) is 5.64. The minimum absolute atomic E-state index is 0.0659. The average molecular weight is 399 g/mol. The third-order valence-corrected chi connectivity index (χ3v) is 6.28. The Morgan fingerprint density at radius 3 is 2.96 bits per heavy atom. The van der Waals surface area contributed by atoms with Crippen LogP contribution in [0, 0.1) is 6.92 Å². The van der Waals surface area contributed by atoms with Gasteiger partial charge in [-0.3, -0.25) is 14.6 Å². The molecule has 3 heterocycles. The molecule has 1 aromatic carbocycles. The van der Waals surface area contributed by atoms with E-state index >= 15 is 0 Å². The largest absolute Gasteiger partial charge is 0.348 e. The summed E-state index contributed by atoms with van der Waals surface area (Å²) in [6.07, 6.45) is 2.09. The molecule has 0 saturated carbocycles. The molecule has 3 amide bonds. The highest BCUT2D eigenvalue weighted by atomic mass is 32.1. The van der Waals surface area contributed by atoms with Crippen LogP contribution in [-0.2, 0) is 6.54 Å². The van der Waals surface area contributed by atoms with Crippen molar-refractivity contribution < 1.29 is 9.59 Å². The van der Waals surface area contributed by atoms with Gasteiger partial charge in [0.05, 0.1) is 0 Å². The third kappa shape index (κ3) is 4.20. The molecule has 2 aromatic rings. The first-order chi connectivity index (χ1) is 13.6. The quantitative estimate of drug-likeness (QED) is 0.814. The van der Waals surface area contributed by atoms with E-state index in [1.807, 2.05) is 25.1 Å². The lowest BCUT2D eigenvalue weighted by molar-refractivity contribution is 0.0901. The predicted octanol–water partition coefficient (Wildman–Crippen LogP) is 2.98. The number of benzene rings is 1. The van der Waals surface area contributed by atoms with Gasteiger partial charge in [-0.25, -0.2) is 4.79 Å². The number of piperidine rings is 1. The Balaban J connectivity index is 1.41. The van der Waals surface area contributed by atoms with Gasteiger partial charge in [-0.15, -0.1) is 11.3 Å². The van der Waals surface area contributed by atoms with Crippen molar-refractivity contribution in [3.8, 4) is 0 Å². The number of nitrogens with one attached hydrogen (secondary N) is 2. The van der Waals surface area contributed by atoms with E-state index in [-0.39, 0.29) is 18.0 Å². The fourth-order valence-electron chi connectivity index (χ4n) is 3.95. The van der Waals surface area contributed by atoms with Gasteiger partial charge in [0.2, 0.25) is 0 Å². The van der Waals surface area contributed by atoms with Crippen molar-refractivity contribution in [1.82, 2.24) is 15.5 Å². The molecule has 4 rings (SSSR count). The Hall–Kier alpha value is -2.38. The molecule has 2 fully saturated rings. The van der Waals surface area contributed by atoms with Gasteiger partial charge in [-0.05, 0) is 55.5 Å². The van der Waals surface area contributed by atoms with Crippen LogP contribution >= 0.6 is 11.3 Å². The molecule has 1 aromatic heterocycles. The Morgan fingerprint density at radius 2 is 2.21 bits per heavy atom. The zero-order valence-corrected chi connectivity index (χ0v) is 16.9. The van der Waals surface area contributed by atoms with Crippen molar-refractivity contribution in [3.05, 3.63) is 51.7 Å². The second-order valence-electron chi connectivity index (χ2n) is 7.51. The van der Waals surface area contributed by atoms with Crippen LogP contribution < -0.4 is 15.5 Å². The van der Waals surface area contributed by atoms with Gasteiger partial charge in [0, 0.05) is 48.3 Å². The number of carbonyl (C=O) groups is 2. The van der Waals surface area contributed by atoms with Gasteiger partial charge in [0.25, 0.3) is 5.91 Å². The van der Waals surface area contributed by atoms with Gasteiger partial charge in [0.1, 0.15) is 0 Å². The lowest BCUT2D eigenvalue weighted by Crippen LogP contribution is -2.47. The second-order valence-corrected chi connectivity index (χ2v) is 8.54. The molecule has 2 saturated heterocycles. The summed E-state index contributed by atoms with van der Waals surface area (Å²) in [5, 5.41) is 8.12. The number of urea groups is 1. The van der Waals surface area contributed by atoms with Crippen molar-refractivity contribution in [3.63, 3.8) is 0 Å². The average Bonchev–Trinajstić information content (AvgIpc) is 3.34. The molecule has 1 unspecified atom stereocenters. The molecule has 6 nitrogen and oxygen atoms in total. The molecule has 0 aliphatic carbocycles. The van der Waals surface area contributed by atoms with Crippen LogP contribution in [0.15, 0.2) is 35.7 Å². The molecule has 2 N–H and O–H groups in total. The van der Waals surface area contributed by atoms with Crippen molar-refractivity contribution >= 4 is 29.0 Å². The summed E-state index contributed by atoms with van der Waals surface area (Å²) in [7, 11) is 0. The number of aryl methyl sites for hydroxylation is 1. The van der Waals surface area contributed by atoms with E-state index in [1.54, 1.807) is 16.2 Å². The number of thiophene rings is 1. The predicted molar refractivity (Wildman–Crippen MR) is 112 cm³/mol. The Labute approximate surface area is 169 Å². The van der Waals surface area contributed by atoms with E-state index in [0.29, 0.717) is 18.7 Å². The van der Waals surface area contributed by atoms with E-state index in [9.17, 15) is 9.59 Å². The van der Waals surface area contributed by atoms with Gasteiger partial charge in [0.15, 0.2) is 0 Å². The molecule has 2 aliphatic heterocycles. The van der Waals surface area contributed by atoms with E-state index < -0.39 is 0 Å². The summed E-state index contributed by atoms with van der Waals surface area (Å²) in [5.74, 6) is -0.0659. The van der Waals surface area contributed by atoms with Crippen LogP contribution in [0.1, 0.15) is 33.6 Å². The summed E-state index contributed by atoms with van der Waals surface area (Å²) in [5.41, 5.74) is 2.41. The molecule has 1 atom stereocenters. The highest BCUT2D eigenvalue weighted by Gasteiger charge is 2.25. The number of amides is 3. The van der Waals surface area contributed by atoms with Crippen LogP contribution in [0.5, 0.6) is 0 Å². The zero-order valence-electron chi connectivity index (χ0n) is 16.1. The highest BCUT2D eigenvalue weighted by molar-refractivity contribution is 7.09. The Morgan fingerprint density at radius 1 is 1.32 bits per heavy atom. The summed E-state index contributed by atoms with van der Waals surface area (Å²) >= 11 is 1.78. The van der Waals surface area contributed by atoms with Gasteiger partial charge >= 0.3 is 6.03 Å². The number of hydrogen-bond acceptors (Lipinski definition) is 4. The lowest BCUT2D eigenvalue weighted by atomic mass is 10.0. The van der Waals surface area contributed by atoms with E-state index in [4.69, 9.17) is 0 Å². The fourth-order valence-corrected chi connectivity index (χ4v) is 4.70. The monoisotopic (exact) mass is 398 g/mol. The minimum atomic E-state index is -0.0999. The molecular formula is C21H26N4O2S. The molecule has 148 valence electrons. The number of nitrogens with zero attached hydrogens (tertiary/aromatic N) is 2. The van der Waals surface area contributed by atoms with Crippen LogP contribution in [0.25, 0.3) is 0 Å². The van der Waals surface area contributed by atoms with Crippen LogP contribution in [0.3, 0.4) is 0 Å². The number of hydrogen-bond donors (Lipinski definition) is 2. The van der Waals surface area contributed by atoms with Gasteiger partial charge < -0.3 is 10.6 Å². The minimum Gasteiger partial charge on any atom is -0.348 e. The number of rotatable bonds is 5. The second kappa shape index (κ2) is 8.32. The maximum Gasteiger partial charge on any atom is 0.322 e. The van der Waals surface area contributed by atoms with Crippen molar-refractivity contribution in [2.45, 2.75) is 32.4 Å². The molecule has 0 bridgehead atoms. The van der Waals surface area contributed by atoms with Crippen LogP contribution in [-0.4, -0.2) is 49.1 Å². The topological polar surface area (TPSA) is 64.7 Å². The zero-order chi connectivity index (χ0) is 19.5. The summed E-state index contributed by atoms with van der Waals surface area (Å²) in [4.78, 5) is 30.3. The molecule has 0 radical (unpaired) electrons. The summed E-state index contributed by atoms with van der Waals surface area (Å²) in [6.45, 7) is 6.12. The standard InChI is InChI=1S/C21H26N4O2S/c1-15-6-7-16(12-19(15)25-10-8-22-21(25)27)20(26)23-17-4-2-9-24(13-17)14-18-5-3-11-28-18/h3,5-7,11-12,17H,2,4,8-10,13-14H2,1H3,(H,22,27)(H,23,26). The lowest BCUT2D eigenvalue weighted by Gasteiger charge is -2.33. The Bertz CT molecular complexity index is 852. The van der Waals surface area contributed by atoms with Crippen LogP contribution in [0.2, 0.25) is 0 Å². The smallest absolute Gasteiger partial charge is 0.322 e. The highest BCUT2D eigenvalue weighted by Crippen LogP contribution is 2.24. The van der Waals surface area contributed by atoms with E-state index in [1.165, 1.54) is 4.88 Å². The van der Waals surface area contributed by atoms with Crippen molar-refractivity contribution in [2.24, 2.45) is 0 Å². The molecule has 28 heavy (non-hydrogen) atoms. The summed E-state index contributed by atoms with van der Waals surface area (Å²) in [6, 6.07) is 9.89. The number of likely N-dealkylation sites (tertiary alicyclic amines) is 1. The third-order valence-electron chi connectivity index (χ3n) is 5.42. The van der Waals surface area contributed by atoms with Crippen molar-refractivity contribution in [2.75, 3.05) is 31.1 Å². The SMILES string of the molecule is Cc1ccc(C(=O)NC2CCCN(Cc3cccs3)C2)cc1N1CCNC1=O. The molecule has 0 spiro atoms. The maximum absolute atomic E-state index is 12.8. The van der Waals surface area contributed by atoms with Gasteiger partial charge in [-0.2, -0.15) is 0 Å². The molecule has 7 heteroatoms. The maximum atomic E-state index is 12.8. The van der Waals surface area contributed by atoms with Gasteiger partial charge in [-0.1, -0.05) is 12.1 Å². The molecular weight excluding hydrogens is 372 g/mol. The first-order valence-corrected chi connectivity index (χ1v) is 10.7. The number of anilines is 1. The van der Waals surface area contributed by atoms with E-state index in [2.05, 4.69) is 33.0 Å². The number of carbonyl (C=O) groups excluding carboxylic acids is 2. The summed E-state index contributed by atoms with van der Waals surface area (Å²) < 4.78 is 0. The first-order valence-electron chi connectivity index (χ1n) is 9.82.